The molecular weight excluding hydrogens is 475 g/mol. The second-order valence-corrected chi connectivity index (χ2v) is 11.7. The van der Waals surface area contributed by atoms with Crippen molar-refractivity contribution < 1.29 is 27.6 Å². The molecule has 1 atom stereocenters. The molecule has 2 aromatic rings. The van der Waals surface area contributed by atoms with Crippen molar-refractivity contribution in [1.82, 2.24) is 19.8 Å². The molecule has 2 aliphatic heterocycles. The van der Waals surface area contributed by atoms with Crippen LogP contribution in [0.15, 0.2) is 36.5 Å². The fraction of sp³-hybridized carbons (Fsp3) is 0.417. The summed E-state index contributed by atoms with van der Waals surface area (Å²) in [4.78, 5) is 28.2. The first-order valence-corrected chi connectivity index (χ1v) is 13.0. The minimum atomic E-state index is -3.84. The summed E-state index contributed by atoms with van der Waals surface area (Å²) in [6.45, 7) is 3.17. The Balaban J connectivity index is 1.37. The lowest BCUT2D eigenvalue weighted by atomic mass is 10.1. The number of likely N-dealkylation sites (tertiary alicyclic amines) is 1. The van der Waals surface area contributed by atoms with Gasteiger partial charge in [0, 0.05) is 55.5 Å². The van der Waals surface area contributed by atoms with E-state index in [-0.39, 0.29) is 25.5 Å². The average Bonchev–Trinajstić information content (AvgIpc) is 3.33. The van der Waals surface area contributed by atoms with Crippen LogP contribution >= 0.6 is 0 Å². The van der Waals surface area contributed by atoms with Crippen LogP contribution in [0.5, 0.6) is 0 Å². The molecule has 1 saturated heterocycles. The fourth-order valence-corrected chi connectivity index (χ4v) is 4.98. The first kappa shape index (κ1) is 24.9. The van der Waals surface area contributed by atoms with Gasteiger partial charge in [-0.05, 0) is 37.1 Å². The van der Waals surface area contributed by atoms with Gasteiger partial charge in [0.05, 0.1) is 6.54 Å². The second-order valence-electron chi connectivity index (χ2n) is 9.23. The maximum Gasteiger partial charge on any atom is 0.328 e. The molecule has 0 saturated carbocycles. The van der Waals surface area contributed by atoms with Gasteiger partial charge >= 0.3 is 6.03 Å². The molecule has 2 N–H and O–H groups in total. The van der Waals surface area contributed by atoms with Crippen molar-refractivity contribution in [3.63, 3.8) is 0 Å². The van der Waals surface area contributed by atoms with Gasteiger partial charge in [0.2, 0.25) is 0 Å². The maximum atomic E-state index is 12.9. The van der Waals surface area contributed by atoms with Crippen molar-refractivity contribution in [2.45, 2.75) is 37.4 Å². The van der Waals surface area contributed by atoms with E-state index in [9.17, 15) is 22.4 Å². The number of carbonyl (C=O) groups is 2. The van der Waals surface area contributed by atoms with E-state index in [2.05, 4.69) is 11.8 Å². The van der Waals surface area contributed by atoms with Crippen LogP contribution in [-0.2, 0) is 27.7 Å². The molecule has 0 spiro atoms. The molecule has 11 heteroatoms. The Kier molecular flexibility index (Phi) is 6.73. The number of fused-ring (bicyclic) bond motifs is 1. The number of sulfone groups is 1. The smallest absolute Gasteiger partial charge is 0.318 e. The van der Waals surface area contributed by atoms with Crippen molar-refractivity contribution in [3.05, 3.63) is 58.9 Å². The van der Waals surface area contributed by atoms with Crippen LogP contribution in [0.2, 0.25) is 0 Å². The summed E-state index contributed by atoms with van der Waals surface area (Å²) < 4.78 is 36.8. The highest BCUT2D eigenvalue weighted by molar-refractivity contribution is 7.92. The standard InChI is InChI=1S/C24H27FN4O5S/c1-24(22(30)26-32,35(2,33)34)9-10-28-16-21-11-19(13-29(21)23(28)31)8-5-17-3-6-18(7-4-17)12-27-14-20(25)15-27/h3-4,6-7,11,13,20,32H,9-10,12,14-16H2,1-2H3,(H,26,30). The monoisotopic (exact) mass is 502 g/mol. The maximum absolute atomic E-state index is 12.9. The van der Waals surface area contributed by atoms with Crippen molar-refractivity contribution in [3.8, 4) is 11.8 Å². The van der Waals surface area contributed by atoms with Crippen molar-refractivity contribution in [2.24, 2.45) is 0 Å². The van der Waals surface area contributed by atoms with E-state index in [0.717, 1.165) is 17.4 Å². The number of halogens is 1. The molecule has 186 valence electrons. The van der Waals surface area contributed by atoms with Gasteiger partial charge < -0.3 is 4.90 Å². The highest BCUT2D eigenvalue weighted by Crippen LogP contribution is 2.25. The Morgan fingerprint density at radius 1 is 1.23 bits per heavy atom. The van der Waals surface area contributed by atoms with Crippen LogP contribution in [0.3, 0.4) is 0 Å². The summed E-state index contributed by atoms with van der Waals surface area (Å²) in [5, 5.41) is 8.94. The highest BCUT2D eigenvalue weighted by Gasteiger charge is 2.44. The third-order valence-electron chi connectivity index (χ3n) is 6.61. The summed E-state index contributed by atoms with van der Waals surface area (Å²) in [6.07, 6.45) is 1.67. The lowest BCUT2D eigenvalue weighted by Crippen LogP contribution is -2.50. The predicted octanol–water partition coefficient (Wildman–Crippen LogP) is 1.52. The first-order chi connectivity index (χ1) is 16.5. The van der Waals surface area contributed by atoms with Crippen LogP contribution < -0.4 is 5.48 Å². The van der Waals surface area contributed by atoms with E-state index in [1.54, 1.807) is 12.3 Å². The molecule has 4 rings (SSSR count). The third-order valence-corrected chi connectivity index (χ3v) is 8.64. The molecular formula is C24H27FN4O5S. The number of alkyl halides is 1. The van der Waals surface area contributed by atoms with E-state index in [0.29, 0.717) is 30.9 Å². The van der Waals surface area contributed by atoms with Crippen LogP contribution in [0.25, 0.3) is 0 Å². The topological polar surface area (TPSA) is 112 Å². The predicted molar refractivity (Wildman–Crippen MR) is 126 cm³/mol. The van der Waals surface area contributed by atoms with E-state index in [4.69, 9.17) is 5.21 Å². The number of nitrogens with one attached hydrogen (secondary N) is 1. The largest absolute Gasteiger partial charge is 0.328 e. The van der Waals surface area contributed by atoms with Crippen LogP contribution in [0.1, 0.15) is 35.7 Å². The highest BCUT2D eigenvalue weighted by atomic mass is 32.2. The molecule has 1 aromatic heterocycles. The number of amides is 2. The SMILES string of the molecule is CC(CCN1Cc2cc(C#Cc3ccc(CN4CC(F)C4)cc3)cn2C1=O)(C(=O)NO)S(C)(=O)=O. The molecule has 1 fully saturated rings. The van der Waals surface area contributed by atoms with Gasteiger partial charge in [0.15, 0.2) is 14.6 Å². The Bertz CT molecular complexity index is 1310. The third kappa shape index (κ3) is 5.10. The quantitative estimate of drug-likeness (QED) is 0.337. The average molecular weight is 503 g/mol. The van der Waals surface area contributed by atoms with E-state index < -0.39 is 26.7 Å². The lowest BCUT2D eigenvalue weighted by molar-refractivity contribution is -0.131. The Morgan fingerprint density at radius 2 is 1.89 bits per heavy atom. The number of hydrogen-bond donors (Lipinski definition) is 2. The lowest BCUT2D eigenvalue weighted by Gasteiger charge is -2.34. The molecule has 9 nitrogen and oxygen atoms in total. The summed E-state index contributed by atoms with van der Waals surface area (Å²) in [7, 11) is -3.84. The van der Waals surface area contributed by atoms with Gasteiger partial charge in [-0.2, -0.15) is 0 Å². The first-order valence-electron chi connectivity index (χ1n) is 11.1. The van der Waals surface area contributed by atoms with E-state index in [1.165, 1.54) is 21.9 Å². The molecule has 3 heterocycles. The molecule has 0 aliphatic carbocycles. The molecule has 35 heavy (non-hydrogen) atoms. The van der Waals surface area contributed by atoms with Gasteiger partial charge in [-0.15, -0.1) is 0 Å². The summed E-state index contributed by atoms with van der Waals surface area (Å²) in [5.74, 6) is 5.09. The van der Waals surface area contributed by atoms with Gasteiger partial charge in [-0.1, -0.05) is 24.0 Å². The van der Waals surface area contributed by atoms with Crippen LogP contribution in [-0.4, -0.2) is 76.7 Å². The molecule has 0 radical (unpaired) electrons. The van der Waals surface area contributed by atoms with Gasteiger partial charge in [0.1, 0.15) is 6.17 Å². The summed E-state index contributed by atoms with van der Waals surface area (Å²) in [5.41, 5.74) is 4.71. The van der Waals surface area contributed by atoms with Crippen molar-refractivity contribution in [1.29, 1.82) is 0 Å². The molecule has 0 bridgehead atoms. The summed E-state index contributed by atoms with van der Waals surface area (Å²) >= 11 is 0. The molecule has 1 aromatic carbocycles. The molecule has 2 aliphatic rings. The van der Waals surface area contributed by atoms with Crippen molar-refractivity contribution >= 4 is 21.8 Å². The number of nitrogens with zero attached hydrogens (tertiary/aromatic N) is 3. The Morgan fingerprint density at radius 3 is 2.46 bits per heavy atom. The molecule has 1 unspecified atom stereocenters. The minimum Gasteiger partial charge on any atom is -0.318 e. The number of rotatable bonds is 7. The Hall–Kier alpha value is -3.20. The van der Waals surface area contributed by atoms with Gasteiger partial charge in [-0.25, -0.2) is 23.1 Å². The zero-order chi connectivity index (χ0) is 25.4. The minimum absolute atomic E-state index is 0.0221. The zero-order valence-corrected chi connectivity index (χ0v) is 20.3. The van der Waals surface area contributed by atoms with Gasteiger partial charge in [0.25, 0.3) is 5.91 Å². The Labute approximate surface area is 203 Å². The number of hydroxylamine groups is 1. The summed E-state index contributed by atoms with van der Waals surface area (Å²) in [6, 6.07) is 9.22. The number of carbonyl (C=O) groups excluding carboxylic acids is 2. The van der Waals surface area contributed by atoms with Crippen LogP contribution in [0.4, 0.5) is 9.18 Å². The van der Waals surface area contributed by atoms with E-state index >= 15 is 0 Å². The number of hydrogen-bond acceptors (Lipinski definition) is 6. The van der Waals surface area contributed by atoms with E-state index in [1.807, 2.05) is 29.2 Å². The molecule has 2 amide bonds. The zero-order valence-electron chi connectivity index (χ0n) is 19.5. The fourth-order valence-electron chi connectivity index (χ4n) is 4.13. The normalized spacial score (nSPS) is 17.8. The number of aromatic nitrogens is 1. The van der Waals surface area contributed by atoms with Gasteiger partial charge in [-0.3, -0.25) is 19.5 Å². The second kappa shape index (κ2) is 9.45. The van der Waals surface area contributed by atoms with Crippen LogP contribution in [0, 0.1) is 11.8 Å². The van der Waals surface area contributed by atoms with Crippen molar-refractivity contribution in [2.75, 3.05) is 25.9 Å². The number of benzene rings is 1.